The zero-order valence-electron chi connectivity index (χ0n) is 18.0. The van der Waals surface area contributed by atoms with Crippen LogP contribution in [0.5, 0.6) is 0 Å². The summed E-state index contributed by atoms with van der Waals surface area (Å²) in [5.41, 5.74) is 3.63. The van der Waals surface area contributed by atoms with Crippen molar-refractivity contribution in [3.63, 3.8) is 0 Å². The summed E-state index contributed by atoms with van der Waals surface area (Å²) >= 11 is 0. The number of anilines is 1. The van der Waals surface area contributed by atoms with Crippen LogP contribution in [-0.2, 0) is 16.1 Å². The Balaban J connectivity index is 1.34. The fourth-order valence-electron chi connectivity index (χ4n) is 3.89. The van der Waals surface area contributed by atoms with Crippen molar-refractivity contribution in [1.29, 1.82) is 0 Å². The molecule has 162 valence electrons. The molecule has 1 fully saturated rings. The molecule has 2 atom stereocenters. The summed E-state index contributed by atoms with van der Waals surface area (Å²) in [5.74, 6) is 0.362. The topological polar surface area (TPSA) is 104 Å². The summed E-state index contributed by atoms with van der Waals surface area (Å²) in [6, 6.07) is 13.5. The van der Waals surface area contributed by atoms with Gasteiger partial charge < -0.3 is 4.52 Å². The van der Waals surface area contributed by atoms with Gasteiger partial charge in [-0.05, 0) is 30.5 Å². The number of benzene rings is 2. The summed E-state index contributed by atoms with van der Waals surface area (Å²) in [6.07, 6.45) is 0. The van der Waals surface area contributed by atoms with Gasteiger partial charge in [0.2, 0.25) is 11.7 Å². The van der Waals surface area contributed by atoms with Crippen molar-refractivity contribution < 1.29 is 14.1 Å². The van der Waals surface area contributed by atoms with Gasteiger partial charge in [-0.1, -0.05) is 66.2 Å². The summed E-state index contributed by atoms with van der Waals surface area (Å²) in [5, 5.41) is 13.5. The van der Waals surface area contributed by atoms with Crippen molar-refractivity contribution >= 4 is 17.5 Å². The molecule has 2 aromatic carbocycles. The maximum atomic E-state index is 13.2. The van der Waals surface area contributed by atoms with Crippen LogP contribution in [0.4, 0.5) is 5.69 Å². The van der Waals surface area contributed by atoms with Crippen molar-refractivity contribution in [2.75, 3.05) is 4.90 Å². The van der Waals surface area contributed by atoms with E-state index in [4.69, 9.17) is 4.52 Å². The Hall–Kier alpha value is -3.88. The number of imide groups is 1. The molecule has 0 spiro atoms. The van der Waals surface area contributed by atoms with Crippen LogP contribution in [0.1, 0.15) is 36.8 Å². The smallest absolute Gasteiger partial charge is 0.263 e. The second kappa shape index (κ2) is 7.67. The molecular weight excluding hydrogens is 408 g/mol. The van der Waals surface area contributed by atoms with E-state index in [2.05, 4.69) is 34.3 Å². The number of rotatable bonds is 5. The highest BCUT2D eigenvalue weighted by Crippen LogP contribution is 2.33. The molecule has 2 aliphatic rings. The number of nitrogens with zero attached hydrogens (tertiary/aromatic N) is 6. The molecule has 32 heavy (non-hydrogen) atoms. The number of aryl methyl sites for hydroxylation is 1. The molecule has 0 radical (unpaired) electrons. The van der Waals surface area contributed by atoms with Gasteiger partial charge >= 0.3 is 0 Å². The molecule has 5 rings (SSSR count). The molecule has 1 aromatic heterocycles. The monoisotopic (exact) mass is 430 g/mol. The van der Waals surface area contributed by atoms with E-state index in [9.17, 15) is 9.59 Å². The minimum Gasteiger partial charge on any atom is -0.337 e. The maximum Gasteiger partial charge on any atom is 0.263 e. The van der Waals surface area contributed by atoms with E-state index in [-0.39, 0.29) is 18.4 Å². The summed E-state index contributed by atoms with van der Waals surface area (Å²) in [6.45, 7) is 6.27. The Morgan fingerprint density at radius 2 is 1.72 bits per heavy atom. The van der Waals surface area contributed by atoms with Crippen molar-refractivity contribution in [1.82, 2.24) is 15.1 Å². The molecule has 3 aromatic rings. The van der Waals surface area contributed by atoms with Crippen LogP contribution in [0.15, 0.2) is 63.4 Å². The lowest BCUT2D eigenvalue weighted by Crippen LogP contribution is -2.39. The molecule has 0 aliphatic carbocycles. The second-order valence-corrected chi connectivity index (χ2v) is 8.33. The third-order valence-corrected chi connectivity index (χ3v) is 5.75. The fourth-order valence-corrected chi connectivity index (χ4v) is 3.89. The number of carbonyl (C=O) groups is 2. The lowest BCUT2D eigenvalue weighted by atomic mass is 10.0. The molecule has 0 saturated carbocycles. The Morgan fingerprint density at radius 3 is 2.41 bits per heavy atom. The highest BCUT2D eigenvalue weighted by Gasteiger charge is 2.55. The first kappa shape index (κ1) is 20.0. The number of carbonyl (C=O) groups excluding carboxylic acids is 2. The molecule has 0 N–H and O–H groups in total. The quantitative estimate of drug-likeness (QED) is 0.572. The number of aromatic nitrogens is 2. The van der Waals surface area contributed by atoms with Gasteiger partial charge in [0.05, 0.1) is 5.69 Å². The zero-order chi connectivity index (χ0) is 22.4. The lowest BCUT2D eigenvalue weighted by Gasteiger charge is -2.19. The van der Waals surface area contributed by atoms with Crippen LogP contribution in [0.25, 0.3) is 11.4 Å². The first-order valence-electron chi connectivity index (χ1n) is 10.5. The van der Waals surface area contributed by atoms with Crippen molar-refractivity contribution in [2.24, 2.45) is 10.3 Å². The molecule has 9 heteroatoms. The molecule has 2 aliphatic heterocycles. The number of hydrogen-bond donors (Lipinski definition) is 0. The highest BCUT2D eigenvalue weighted by atomic mass is 16.5. The lowest BCUT2D eigenvalue weighted by molar-refractivity contribution is -0.123. The highest BCUT2D eigenvalue weighted by molar-refractivity contribution is 6.25. The molecule has 2 amide bonds. The van der Waals surface area contributed by atoms with E-state index in [1.54, 1.807) is 12.1 Å². The minimum absolute atomic E-state index is 0.0860. The largest absolute Gasteiger partial charge is 0.337 e. The Morgan fingerprint density at radius 1 is 1.00 bits per heavy atom. The van der Waals surface area contributed by atoms with Gasteiger partial charge in [0.1, 0.15) is 6.54 Å². The maximum absolute atomic E-state index is 13.2. The Kier molecular flexibility index (Phi) is 4.80. The van der Waals surface area contributed by atoms with Crippen LogP contribution >= 0.6 is 0 Å². The minimum atomic E-state index is -0.869. The van der Waals surface area contributed by atoms with Crippen LogP contribution in [0, 0.1) is 6.92 Å². The molecule has 0 bridgehead atoms. The van der Waals surface area contributed by atoms with E-state index in [1.165, 1.54) is 9.91 Å². The van der Waals surface area contributed by atoms with Crippen molar-refractivity contribution in [3.8, 4) is 11.4 Å². The fraction of sp³-hybridized carbons (Fsp3) is 0.304. The molecule has 0 unspecified atom stereocenters. The summed E-state index contributed by atoms with van der Waals surface area (Å²) < 4.78 is 5.35. The molecule has 3 heterocycles. The molecular formula is C23H22N6O3. The van der Waals surface area contributed by atoms with Gasteiger partial charge in [0.15, 0.2) is 12.1 Å². The average Bonchev–Trinajstić information content (AvgIpc) is 3.47. The van der Waals surface area contributed by atoms with Crippen LogP contribution in [0.2, 0.25) is 0 Å². The number of hydrogen-bond acceptors (Lipinski definition) is 8. The number of amides is 2. The van der Waals surface area contributed by atoms with Gasteiger partial charge in [0, 0.05) is 5.56 Å². The van der Waals surface area contributed by atoms with Crippen LogP contribution in [-0.4, -0.2) is 39.0 Å². The Labute approximate surface area is 184 Å². The summed E-state index contributed by atoms with van der Waals surface area (Å²) in [7, 11) is 0. The predicted molar refractivity (Wildman–Crippen MR) is 115 cm³/mol. The van der Waals surface area contributed by atoms with E-state index in [0.29, 0.717) is 23.3 Å². The van der Waals surface area contributed by atoms with E-state index < -0.39 is 12.1 Å². The van der Waals surface area contributed by atoms with Crippen LogP contribution < -0.4 is 4.90 Å². The normalized spacial score (nSPS) is 20.0. The SMILES string of the molecule is Cc1ccc(-c2noc(CN3N=N[C@@H]4C(=O)N(c5ccc(C(C)C)cc5)C(=O)[C@H]43)n2)cc1. The number of fused-ring (bicyclic) bond motifs is 1. The molecule has 1 saturated heterocycles. The molecule has 9 nitrogen and oxygen atoms in total. The van der Waals surface area contributed by atoms with Crippen molar-refractivity contribution in [2.45, 2.75) is 45.3 Å². The third-order valence-electron chi connectivity index (χ3n) is 5.75. The summed E-state index contributed by atoms with van der Waals surface area (Å²) in [4.78, 5) is 31.7. The zero-order valence-corrected chi connectivity index (χ0v) is 18.0. The standard InChI is InChI=1S/C23H22N6O3/c1-13(2)15-8-10-17(11-9-15)29-22(30)19-20(23(29)31)28(27-25-19)12-18-24-21(26-32-18)16-6-4-14(3)5-7-16/h4-11,13,19-20H,12H2,1-3H3/t19-,20-/m0/s1. The second-order valence-electron chi connectivity index (χ2n) is 8.33. The van der Waals surface area contributed by atoms with E-state index in [0.717, 1.165) is 16.7 Å². The Bertz CT molecular complexity index is 1200. The predicted octanol–water partition coefficient (Wildman–Crippen LogP) is 3.66. The van der Waals surface area contributed by atoms with Crippen LogP contribution in [0.3, 0.4) is 0 Å². The first-order chi connectivity index (χ1) is 15.4. The van der Waals surface area contributed by atoms with Gasteiger partial charge in [-0.15, -0.1) is 0 Å². The van der Waals surface area contributed by atoms with Gasteiger partial charge in [-0.25, -0.2) is 4.90 Å². The van der Waals surface area contributed by atoms with Gasteiger partial charge in [-0.2, -0.15) is 10.1 Å². The third kappa shape index (κ3) is 3.35. The van der Waals surface area contributed by atoms with Gasteiger partial charge in [0.25, 0.3) is 11.8 Å². The van der Waals surface area contributed by atoms with E-state index in [1.807, 2.05) is 43.3 Å². The first-order valence-corrected chi connectivity index (χ1v) is 10.5. The van der Waals surface area contributed by atoms with Gasteiger partial charge in [-0.3, -0.25) is 14.6 Å². The van der Waals surface area contributed by atoms with E-state index >= 15 is 0 Å². The van der Waals surface area contributed by atoms with Crippen molar-refractivity contribution in [3.05, 3.63) is 65.5 Å². The average molecular weight is 430 g/mol.